The average Bonchev–Trinajstić information content (AvgIpc) is 1.77. The summed E-state index contributed by atoms with van der Waals surface area (Å²) < 4.78 is 102. The summed E-state index contributed by atoms with van der Waals surface area (Å²) in [5.41, 5.74) is 3.25. The minimum Gasteiger partial charge on any atom is -0.759 e. The van der Waals surface area contributed by atoms with Crippen molar-refractivity contribution in [2.45, 2.75) is 0 Å². The van der Waals surface area contributed by atoms with Crippen LogP contribution in [0.3, 0.4) is 0 Å². The van der Waals surface area contributed by atoms with Crippen molar-refractivity contribution in [3.63, 3.8) is 0 Å². The Morgan fingerprint density at radius 3 is 0.367 bits per heavy atom. The molecule has 0 atom stereocenters. The second kappa shape index (κ2) is 70.3. The molecule has 0 saturated heterocycles. The summed E-state index contributed by atoms with van der Waals surface area (Å²) in [6.45, 7) is 0. The molecular weight excluding hydrogens is 557 g/mol. The van der Waals surface area contributed by atoms with Gasteiger partial charge in [-0.3, -0.25) is 25.3 Å². The van der Waals surface area contributed by atoms with Gasteiger partial charge in [-0.1, -0.05) is 0 Å². The van der Waals surface area contributed by atoms with Crippen LogP contribution in [-0.4, -0.2) is 125 Å². The van der Waals surface area contributed by atoms with Crippen molar-refractivity contribution in [3.8, 4) is 0 Å². The minimum atomic E-state index is -5.17. The van der Waals surface area contributed by atoms with Crippen LogP contribution in [0.15, 0.2) is 0 Å². The van der Waals surface area contributed by atoms with E-state index in [9.17, 15) is 0 Å². The van der Waals surface area contributed by atoms with Gasteiger partial charge in [0.15, 0.2) is 0 Å². The van der Waals surface area contributed by atoms with Crippen molar-refractivity contribution in [2.75, 3.05) is 7.05 Å². The molecule has 211 valence electrons. The van der Waals surface area contributed by atoms with Gasteiger partial charge in [0.05, 0.1) is 7.05 Å². The van der Waals surface area contributed by atoms with Crippen LogP contribution in [0.25, 0.3) is 0 Å². The number of hydrogen-bond donors (Lipinski definition) is 1. The Balaban J connectivity index is -0.00000000447. The Morgan fingerprint density at radius 2 is 0.367 bits per heavy atom. The van der Waals surface area contributed by atoms with Gasteiger partial charge in [-0.05, 0) is 0 Å². The molecule has 25 nitrogen and oxygen atoms in total. The van der Waals surface area contributed by atoms with E-state index >= 15 is 0 Å². The van der Waals surface area contributed by atoms with Crippen LogP contribution in [0.2, 0.25) is 0 Å². The monoisotopic (exact) mass is 587 g/mol. The summed E-state index contributed by atoms with van der Waals surface area (Å²) in [4.78, 5) is 0. The van der Waals surface area contributed by atoms with E-state index in [1.54, 1.807) is 7.05 Å². The molecule has 0 aliphatic heterocycles. The Bertz CT molecular complexity index is 353. The third kappa shape index (κ3) is 186000. The second-order valence-electron chi connectivity index (χ2n) is 1.22. The fourth-order valence-corrected chi connectivity index (χ4v) is 0. The quantitative estimate of drug-likeness (QED) is 0.204. The fraction of sp³-hybridized carbons (Fsp3) is 1.00. The first-order valence-electron chi connectivity index (χ1n) is 2.71. The van der Waals surface area contributed by atoms with Gasteiger partial charge in [-0.25, -0.2) is 0 Å². The topological polar surface area (TPSA) is 646 Å². The van der Waals surface area contributed by atoms with E-state index in [2.05, 4.69) is 5.73 Å². The second-order valence-corrected chi connectivity index (χ2v) is 3.67. The summed E-state index contributed by atoms with van der Waals surface area (Å²) in [6, 6.07) is 0. The van der Waals surface area contributed by atoms with Crippen molar-refractivity contribution in [1.29, 1.82) is 0 Å². The maximum absolute atomic E-state index is 8.52. The van der Waals surface area contributed by atoms with Gasteiger partial charge in [0.25, 0.3) is 0 Å². The first-order valence-corrected chi connectivity index (χ1v) is 6.71. The van der Waals surface area contributed by atoms with Crippen LogP contribution in [-0.2, 0) is 49.8 Å². The van der Waals surface area contributed by atoms with E-state index in [0.29, 0.717) is 0 Å². The van der Waals surface area contributed by atoms with Crippen molar-refractivity contribution >= 4 is 31.2 Å². The molecule has 30 heavy (non-hydrogen) atoms. The molecule has 0 aliphatic rings. The molecule has 0 aromatic heterocycles. The van der Waals surface area contributed by atoms with E-state index in [4.69, 9.17) is 52.6 Å². The van der Waals surface area contributed by atoms with Gasteiger partial charge in [-0.2, -0.15) is 0 Å². The van der Waals surface area contributed by atoms with Gasteiger partial charge in [0.1, 0.15) is 0 Å². The van der Waals surface area contributed by atoms with Crippen LogP contribution < -0.4 is 5.73 Å². The molecule has 29 heteroatoms. The molecule has 0 unspecified atom stereocenters. The van der Waals surface area contributed by atoms with Gasteiger partial charge >= 0.3 is 0 Å². The fourth-order valence-electron chi connectivity index (χ4n) is 0. The van der Waals surface area contributed by atoms with Crippen LogP contribution in [0, 0.1) is 0 Å². The van der Waals surface area contributed by atoms with Crippen molar-refractivity contribution in [2.24, 2.45) is 0 Å². The van der Waals surface area contributed by atoms with E-state index in [1.807, 2.05) is 0 Å². The number of rotatable bonds is 0. The van der Waals surface area contributed by atoms with E-state index < -0.39 is 31.2 Å². The molecule has 0 bridgehead atoms. The SMILES string of the molecule is C[NH3+].O.O.O.O.O.O.O.O.O.O.O.O.O=S(=O)([O-])[O-].O=S(=O)([O-])[O-].O=S(=O)([O-])[O-].[V]. The molecule has 0 aromatic rings. The largest absolute Gasteiger partial charge is 0.759 e. The Labute approximate surface area is 181 Å². The first kappa shape index (κ1) is 152. The summed E-state index contributed by atoms with van der Waals surface area (Å²) in [7, 11) is -13.7. The van der Waals surface area contributed by atoms with E-state index in [0.717, 1.165) is 0 Å². The van der Waals surface area contributed by atoms with Crippen LogP contribution in [0.5, 0.6) is 0 Å². The minimum absolute atomic E-state index is 0. The Hall–Kier alpha value is -0.326. The Kier molecular flexibility index (Phi) is 356. The van der Waals surface area contributed by atoms with Crippen molar-refractivity contribution in [3.05, 3.63) is 0 Å². The molecule has 0 rings (SSSR count). The molecular formula is CH30NO24S3V-5. The summed E-state index contributed by atoms with van der Waals surface area (Å²) in [6.07, 6.45) is 0. The third-order valence-electron chi connectivity index (χ3n) is 0. The predicted molar refractivity (Wildman–Crippen MR) is 83.6 cm³/mol. The summed E-state index contributed by atoms with van der Waals surface area (Å²) >= 11 is 0. The maximum atomic E-state index is 8.52. The molecule has 0 aliphatic carbocycles. The van der Waals surface area contributed by atoms with Crippen molar-refractivity contribution in [1.82, 2.24) is 0 Å². The van der Waals surface area contributed by atoms with Crippen molar-refractivity contribution < 1.29 is 143 Å². The zero-order valence-corrected chi connectivity index (χ0v) is 18.1. The van der Waals surface area contributed by atoms with Gasteiger partial charge in [0.2, 0.25) is 0 Å². The van der Waals surface area contributed by atoms with Crippen LogP contribution in [0.4, 0.5) is 0 Å². The average molecular weight is 587 g/mol. The van der Waals surface area contributed by atoms with Gasteiger partial charge in [0, 0.05) is 49.8 Å². The summed E-state index contributed by atoms with van der Waals surface area (Å²) in [5, 5.41) is 0. The zero-order chi connectivity index (χ0) is 15.5. The Morgan fingerprint density at radius 1 is 0.367 bits per heavy atom. The standard InChI is InChI=1S/CH5N.3H2O4S.12H2O.V/c1-2;3*1-5(2,3)4;;;;;;;;;;;;;/h2H2,1H3;3*(H2,1,2,3,4);12*1H2;/p-5. The molecule has 27 N–H and O–H groups in total. The third-order valence-corrected chi connectivity index (χ3v) is 0. The van der Waals surface area contributed by atoms with Crippen LogP contribution in [0.1, 0.15) is 0 Å². The first-order chi connectivity index (χ1) is 7.00. The van der Waals surface area contributed by atoms with E-state index in [1.165, 1.54) is 0 Å². The molecule has 0 fully saturated rings. The molecule has 0 heterocycles. The zero-order valence-electron chi connectivity index (χ0n) is 14.3. The molecule has 1 radical (unpaired) electrons. The predicted octanol–water partition coefficient (Wildman–Crippen LogP) is -15.1. The smallest absolute Gasteiger partial charge is 0.0634 e. The molecule has 0 aromatic carbocycles. The molecule has 0 spiro atoms. The molecule has 0 saturated carbocycles. The van der Waals surface area contributed by atoms with Crippen LogP contribution >= 0.6 is 0 Å². The van der Waals surface area contributed by atoms with Gasteiger partial charge in [-0.15, -0.1) is 0 Å². The van der Waals surface area contributed by atoms with Gasteiger partial charge < -0.3 is 98.8 Å². The number of quaternary nitrogens is 1. The van der Waals surface area contributed by atoms with E-state index in [-0.39, 0.29) is 84.3 Å². The normalized spacial score (nSPS) is 6.00. The maximum Gasteiger partial charge on any atom is 0.0634 e. The summed E-state index contributed by atoms with van der Waals surface area (Å²) in [5.74, 6) is 0. The number of hydrogen-bond acceptors (Lipinski definition) is 12. The molecule has 0 amide bonds.